The number of amides is 2. The average molecular weight is 512 g/mol. The number of carbonyl (C=O) groups excluding carboxylic acids is 2. The number of aliphatic hydroxyl groups is 1. The minimum atomic E-state index is -0.922. The van der Waals surface area contributed by atoms with Crippen molar-refractivity contribution in [1.29, 1.82) is 0 Å². The van der Waals surface area contributed by atoms with E-state index in [4.69, 9.17) is 4.74 Å². The van der Waals surface area contributed by atoms with Gasteiger partial charge in [0, 0.05) is 25.6 Å². The van der Waals surface area contributed by atoms with Gasteiger partial charge in [-0.1, -0.05) is 37.3 Å². The SMILES string of the molecule is CCc1cccc(C2(NC[C@@H](O)[C@@H]3Cc4ccc(c(F)c4)OCCCCC(=O)N(C)CC(=O)N3)CC2)c1. The largest absolute Gasteiger partial charge is 0.491 e. The van der Waals surface area contributed by atoms with Crippen molar-refractivity contribution in [2.24, 2.45) is 0 Å². The molecule has 0 spiro atoms. The number of aryl methyl sites for hydroxylation is 1. The number of hydrogen-bond donors (Lipinski definition) is 3. The van der Waals surface area contributed by atoms with Crippen LogP contribution in [0, 0.1) is 5.82 Å². The number of nitrogens with zero attached hydrogens (tertiary/aromatic N) is 1. The van der Waals surface area contributed by atoms with Crippen LogP contribution in [0.15, 0.2) is 42.5 Å². The Morgan fingerprint density at radius 1 is 1.22 bits per heavy atom. The quantitative estimate of drug-likeness (QED) is 0.555. The lowest BCUT2D eigenvalue weighted by molar-refractivity contribution is -0.135. The molecule has 2 aromatic rings. The van der Waals surface area contributed by atoms with Gasteiger partial charge in [-0.05, 0) is 67.3 Å². The molecule has 200 valence electrons. The number of nitrogens with one attached hydrogen (secondary N) is 2. The maximum absolute atomic E-state index is 14.7. The highest BCUT2D eigenvalue weighted by Gasteiger charge is 2.44. The first kappa shape index (κ1) is 27.1. The number of rotatable bonds is 6. The second kappa shape index (κ2) is 12.0. The van der Waals surface area contributed by atoms with Crippen LogP contribution in [0.25, 0.3) is 0 Å². The summed E-state index contributed by atoms with van der Waals surface area (Å²) in [6, 6.07) is 12.6. The lowest BCUT2D eigenvalue weighted by atomic mass is 9.98. The van der Waals surface area contributed by atoms with Crippen molar-refractivity contribution >= 4 is 11.8 Å². The molecule has 2 atom stereocenters. The van der Waals surface area contributed by atoms with Crippen molar-refractivity contribution in [3.05, 3.63) is 65.0 Å². The first-order chi connectivity index (χ1) is 17.8. The molecule has 2 bridgehead atoms. The molecule has 1 fully saturated rings. The first-order valence-electron chi connectivity index (χ1n) is 13.3. The van der Waals surface area contributed by atoms with Crippen LogP contribution in [-0.4, -0.2) is 60.7 Å². The second-order valence-electron chi connectivity index (χ2n) is 10.3. The molecule has 0 radical (unpaired) electrons. The van der Waals surface area contributed by atoms with Crippen molar-refractivity contribution in [1.82, 2.24) is 15.5 Å². The Labute approximate surface area is 218 Å². The Bertz CT molecular complexity index is 1100. The molecule has 3 aliphatic rings. The van der Waals surface area contributed by atoms with E-state index in [1.807, 2.05) is 0 Å². The smallest absolute Gasteiger partial charge is 0.239 e. The third kappa shape index (κ3) is 7.08. The van der Waals surface area contributed by atoms with Gasteiger partial charge in [-0.25, -0.2) is 4.39 Å². The number of aliphatic hydroxyl groups excluding tert-OH is 1. The summed E-state index contributed by atoms with van der Waals surface area (Å²) >= 11 is 0. The summed E-state index contributed by atoms with van der Waals surface area (Å²) in [6.07, 6.45) is 3.70. The van der Waals surface area contributed by atoms with Crippen LogP contribution in [0.1, 0.15) is 55.7 Å². The molecule has 3 N–H and O–H groups in total. The summed E-state index contributed by atoms with van der Waals surface area (Å²) in [6.45, 7) is 2.60. The molecule has 8 heteroatoms. The maximum atomic E-state index is 14.7. The van der Waals surface area contributed by atoms with E-state index in [-0.39, 0.29) is 49.0 Å². The van der Waals surface area contributed by atoms with Gasteiger partial charge >= 0.3 is 0 Å². The molecule has 5 rings (SSSR count). The summed E-state index contributed by atoms with van der Waals surface area (Å²) in [5.41, 5.74) is 2.94. The predicted octanol–water partition coefficient (Wildman–Crippen LogP) is 3.08. The molecule has 0 aromatic heterocycles. The van der Waals surface area contributed by atoms with Crippen molar-refractivity contribution in [3.63, 3.8) is 0 Å². The van der Waals surface area contributed by atoms with E-state index >= 15 is 0 Å². The van der Waals surface area contributed by atoms with Crippen LogP contribution in [0.2, 0.25) is 0 Å². The molecule has 1 aliphatic carbocycles. The fourth-order valence-electron chi connectivity index (χ4n) is 4.86. The minimum absolute atomic E-state index is 0.104. The Morgan fingerprint density at radius 3 is 2.76 bits per heavy atom. The molecule has 7 nitrogen and oxygen atoms in total. The van der Waals surface area contributed by atoms with E-state index in [1.165, 1.54) is 22.1 Å². The van der Waals surface area contributed by atoms with E-state index < -0.39 is 18.0 Å². The molecule has 2 aromatic carbocycles. The maximum Gasteiger partial charge on any atom is 0.239 e. The number of ether oxygens (including phenoxy) is 1. The van der Waals surface area contributed by atoms with Gasteiger partial charge in [-0.2, -0.15) is 0 Å². The number of fused-ring (bicyclic) bond motifs is 13. The molecular weight excluding hydrogens is 473 g/mol. The number of likely N-dealkylation sites (N-methyl/N-ethyl adjacent to an activating group) is 1. The highest BCUT2D eigenvalue weighted by molar-refractivity contribution is 5.84. The van der Waals surface area contributed by atoms with Crippen molar-refractivity contribution in [2.75, 3.05) is 26.7 Å². The highest BCUT2D eigenvalue weighted by Crippen LogP contribution is 2.45. The molecule has 2 amide bonds. The Kier molecular flexibility index (Phi) is 8.82. The average Bonchev–Trinajstić information content (AvgIpc) is 3.68. The van der Waals surface area contributed by atoms with Gasteiger partial charge in [0.2, 0.25) is 11.8 Å². The molecule has 37 heavy (non-hydrogen) atoms. The number of halogens is 1. The van der Waals surface area contributed by atoms with Gasteiger partial charge < -0.3 is 25.4 Å². The topological polar surface area (TPSA) is 90.9 Å². The van der Waals surface area contributed by atoms with Crippen LogP contribution in [0.4, 0.5) is 4.39 Å². The third-order valence-corrected chi connectivity index (χ3v) is 7.40. The van der Waals surface area contributed by atoms with Crippen molar-refractivity contribution in [2.45, 2.75) is 69.6 Å². The molecule has 0 saturated heterocycles. The van der Waals surface area contributed by atoms with E-state index in [0.717, 1.165) is 19.3 Å². The zero-order valence-corrected chi connectivity index (χ0v) is 21.8. The summed E-state index contributed by atoms with van der Waals surface area (Å²) < 4.78 is 20.2. The van der Waals surface area contributed by atoms with E-state index in [9.17, 15) is 19.1 Å². The number of carbonyl (C=O) groups is 2. The van der Waals surface area contributed by atoms with Gasteiger partial charge in [0.05, 0.1) is 25.3 Å². The molecule has 0 unspecified atom stereocenters. The van der Waals surface area contributed by atoms with Crippen molar-refractivity contribution < 1.29 is 23.8 Å². The van der Waals surface area contributed by atoms with Gasteiger partial charge in [-0.3, -0.25) is 9.59 Å². The Hall–Kier alpha value is -2.97. The summed E-state index contributed by atoms with van der Waals surface area (Å²) in [7, 11) is 1.60. The molecule has 2 aliphatic heterocycles. The first-order valence-corrected chi connectivity index (χ1v) is 13.3. The zero-order chi connectivity index (χ0) is 26.4. The third-order valence-electron chi connectivity index (χ3n) is 7.40. The van der Waals surface area contributed by atoms with Gasteiger partial charge in [0.25, 0.3) is 0 Å². The van der Waals surface area contributed by atoms with Crippen LogP contribution in [0.5, 0.6) is 5.75 Å². The van der Waals surface area contributed by atoms with Crippen LogP contribution >= 0.6 is 0 Å². The lowest BCUT2D eigenvalue weighted by Crippen LogP contribution is -2.52. The van der Waals surface area contributed by atoms with E-state index in [2.05, 4.69) is 41.8 Å². The molecule has 2 heterocycles. The fraction of sp³-hybridized carbons (Fsp3) is 0.517. The summed E-state index contributed by atoms with van der Waals surface area (Å²) in [4.78, 5) is 26.6. The number of hydrogen-bond acceptors (Lipinski definition) is 5. The summed E-state index contributed by atoms with van der Waals surface area (Å²) in [5.74, 6) is -0.817. The highest BCUT2D eigenvalue weighted by atomic mass is 19.1. The second-order valence-corrected chi connectivity index (χ2v) is 10.3. The minimum Gasteiger partial charge on any atom is -0.491 e. The molecule has 1 saturated carbocycles. The Balaban J connectivity index is 1.49. The Morgan fingerprint density at radius 2 is 2.03 bits per heavy atom. The van der Waals surface area contributed by atoms with E-state index in [1.54, 1.807) is 19.2 Å². The standard InChI is InChI=1S/C29H38FN3O4/c1-3-20-7-6-8-22(15-20)29(12-13-29)31-18-25(34)24-17-21-10-11-26(23(30)16-21)37-14-5-4-9-28(36)33(2)19-27(35)32-24/h6-8,10-11,15-16,24-25,31,34H,3-5,9,12-14,17-19H2,1-2H3,(H,32,35)/t24-,25+/m0/s1. The zero-order valence-electron chi connectivity index (χ0n) is 21.8. The van der Waals surface area contributed by atoms with E-state index in [0.29, 0.717) is 25.0 Å². The predicted molar refractivity (Wildman–Crippen MR) is 140 cm³/mol. The molecular formula is C29H38FN3O4. The fourth-order valence-corrected chi connectivity index (χ4v) is 4.86. The number of benzene rings is 2. The lowest BCUT2D eigenvalue weighted by Gasteiger charge is -2.28. The van der Waals surface area contributed by atoms with Crippen LogP contribution < -0.4 is 15.4 Å². The summed E-state index contributed by atoms with van der Waals surface area (Å²) in [5, 5.41) is 17.6. The van der Waals surface area contributed by atoms with Crippen molar-refractivity contribution in [3.8, 4) is 5.75 Å². The van der Waals surface area contributed by atoms with Gasteiger partial charge in [0.1, 0.15) is 0 Å². The normalized spacial score (nSPS) is 21.3. The van der Waals surface area contributed by atoms with Crippen LogP contribution in [-0.2, 0) is 28.0 Å². The van der Waals surface area contributed by atoms with Crippen LogP contribution in [0.3, 0.4) is 0 Å². The van der Waals surface area contributed by atoms with Gasteiger partial charge in [-0.15, -0.1) is 0 Å². The monoisotopic (exact) mass is 511 g/mol. The van der Waals surface area contributed by atoms with Gasteiger partial charge in [0.15, 0.2) is 11.6 Å².